The van der Waals surface area contributed by atoms with Crippen LogP contribution in [0.1, 0.15) is 22.4 Å². The quantitative estimate of drug-likeness (QED) is 0.362. The summed E-state index contributed by atoms with van der Waals surface area (Å²) in [6.07, 6.45) is 1.61. The molecular weight excluding hydrogens is 374 g/mol. The van der Waals surface area contributed by atoms with Gasteiger partial charge in [-0.2, -0.15) is 10.4 Å². The fourth-order valence-electron chi connectivity index (χ4n) is 2.65. The number of aromatic nitrogens is 4. The number of anilines is 3. The average Bonchev–Trinajstić information content (AvgIpc) is 3.15. The van der Waals surface area contributed by atoms with Crippen LogP contribution < -0.4 is 20.9 Å². The molecule has 3 aromatic rings. The molecule has 0 bridgehead atoms. The van der Waals surface area contributed by atoms with Crippen LogP contribution in [0, 0.1) is 25.2 Å². The smallest absolute Gasteiger partial charge is 0.290 e. The summed E-state index contributed by atoms with van der Waals surface area (Å²) in [5.41, 5.74) is 2.32. The minimum absolute atomic E-state index is 0.148. The number of hydrogen-bond donors (Lipinski definition) is 5. The van der Waals surface area contributed by atoms with Crippen LogP contribution in [-0.2, 0) is 6.61 Å². The Labute approximate surface area is 166 Å². The van der Waals surface area contributed by atoms with E-state index in [0.717, 1.165) is 11.1 Å². The molecule has 150 valence electrons. The summed E-state index contributed by atoms with van der Waals surface area (Å²) in [4.78, 5) is 18.8. The van der Waals surface area contributed by atoms with Crippen LogP contribution in [0.2, 0.25) is 0 Å². The topological polar surface area (TPSA) is 152 Å². The highest BCUT2D eigenvalue weighted by Crippen LogP contribution is 2.22. The van der Waals surface area contributed by atoms with Gasteiger partial charge in [0.25, 0.3) is 5.56 Å². The van der Waals surface area contributed by atoms with E-state index in [4.69, 9.17) is 9.84 Å². The number of nitriles is 1. The summed E-state index contributed by atoms with van der Waals surface area (Å²) >= 11 is 0. The minimum atomic E-state index is -0.297. The average molecular weight is 395 g/mol. The fraction of sp³-hybridized carbons (Fsp3) is 0.263. The molecule has 0 fully saturated rings. The summed E-state index contributed by atoms with van der Waals surface area (Å²) in [5.74, 6) is 1.63. The van der Waals surface area contributed by atoms with Crippen LogP contribution in [-0.4, -0.2) is 38.4 Å². The van der Waals surface area contributed by atoms with Gasteiger partial charge in [0.05, 0.1) is 24.4 Å². The van der Waals surface area contributed by atoms with Crippen molar-refractivity contribution in [1.29, 1.82) is 5.26 Å². The van der Waals surface area contributed by atoms with Crippen molar-refractivity contribution in [2.24, 2.45) is 0 Å². The second kappa shape index (κ2) is 8.90. The molecular formula is C19H21N7O3. The fourth-order valence-corrected chi connectivity index (χ4v) is 2.65. The Morgan fingerprint density at radius 3 is 2.83 bits per heavy atom. The number of pyridine rings is 2. The van der Waals surface area contributed by atoms with E-state index in [1.54, 1.807) is 24.4 Å². The molecule has 29 heavy (non-hydrogen) atoms. The van der Waals surface area contributed by atoms with E-state index >= 15 is 0 Å². The number of hydrogen-bond acceptors (Lipinski definition) is 8. The van der Waals surface area contributed by atoms with Gasteiger partial charge in [-0.3, -0.25) is 9.89 Å². The Morgan fingerprint density at radius 1 is 1.28 bits per heavy atom. The number of aryl methyl sites for hydroxylation is 2. The predicted molar refractivity (Wildman–Crippen MR) is 107 cm³/mol. The number of rotatable bonds is 8. The van der Waals surface area contributed by atoms with Crippen molar-refractivity contribution in [2.75, 3.05) is 23.8 Å². The van der Waals surface area contributed by atoms with Gasteiger partial charge in [-0.25, -0.2) is 4.98 Å². The highest BCUT2D eigenvalue weighted by molar-refractivity contribution is 5.63. The molecule has 0 aliphatic carbocycles. The second-order valence-corrected chi connectivity index (χ2v) is 6.37. The van der Waals surface area contributed by atoms with Gasteiger partial charge in [-0.05, 0) is 37.1 Å². The van der Waals surface area contributed by atoms with Crippen molar-refractivity contribution in [3.05, 3.63) is 57.1 Å². The van der Waals surface area contributed by atoms with Crippen molar-refractivity contribution in [3.8, 4) is 11.8 Å². The zero-order valence-electron chi connectivity index (χ0n) is 16.0. The van der Waals surface area contributed by atoms with E-state index in [9.17, 15) is 10.1 Å². The summed E-state index contributed by atoms with van der Waals surface area (Å²) in [6.45, 7) is 4.08. The zero-order chi connectivity index (χ0) is 20.8. The molecule has 3 heterocycles. The lowest BCUT2D eigenvalue weighted by Crippen LogP contribution is -2.18. The van der Waals surface area contributed by atoms with Crippen LogP contribution in [0.3, 0.4) is 0 Å². The Bertz CT molecular complexity index is 1100. The lowest BCUT2D eigenvalue weighted by atomic mass is 10.1. The molecule has 0 saturated carbocycles. The van der Waals surface area contributed by atoms with Crippen molar-refractivity contribution in [2.45, 2.75) is 20.5 Å². The Hall–Kier alpha value is -3.84. The SMILES string of the molecule is Cc1c[nH]c(=O)c(OCCNc2nc(Nc3cc(CO)[nH]n3)cc(C)c2C#N)c1. The maximum atomic E-state index is 11.7. The number of aliphatic hydroxyl groups excluding tert-OH is 1. The number of ether oxygens (including phenoxy) is 1. The van der Waals surface area contributed by atoms with Crippen molar-refractivity contribution < 1.29 is 9.84 Å². The Balaban J connectivity index is 1.68. The van der Waals surface area contributed by atoms with Gasteiger partial charge in [0.2, 0.25) is 0 Å². The molecule has 0 radical (unpaired) electrons. The van der Waals surface area contributed by atoms with Gasteiger partial charge in [0, 0.05) is 12.3 Å². The number of H-pyrrole nitrogens is 2. The first-order valence-electron chi connectivity index (χ1n) is 8.90. The Morgan fingerprint density at radius 2 is 2.10 bits per heavy atom. The third kappa shape index (κ3) is 4.91. The molecule has 10 nitrogen and oxygen atoms in total. The van der Waals surface area contributed by atoms with Gasteiger partial charge in [0.15, 0.2) is 11.6 Å². The monoisotopic (exact) mass is 395 g/mol. The van der Waals surface area contributed by atoms with Crippen molar-refractivity contribution in [1.82, 2.24) is 20.2 Å². The molecule has 0 unspecified atom stereocenters. The highest BCUT2D eigenvalue weighted by atomic mass is 16.5. The van der Waals surface area contributed by atoms with E-state index in [1.165, 1.54) is 0 Å². The van der Waals surface area contributed by atoms with Gasteiger partial charge in [-0.1, -0.05) is 0 Å². The van der Waals surface area contributed by atoms with Crippen LogP contribution in [0.25, 0.3) is 0 Å². The van der Waals surface area contributed by atoms with Crippen molar-refractivity contribution in [3.63, 3.8) is 0 Å². The predicted octanol–water partition coefficient (Wildman–Crippen LogP) is 1.71. The molecule has 0 amide bonds. The molecule has 10 heteroatoms. The minimum Gasteiger partial charge on any atom is -0.486 e. The van der Waals surface area contributed by atoms with Crippen LogP contribution in [0.5, 0.6) is 5.75 Å². The van der Waals surface area contributed by atoms with E-state index in [1.807, 2.05) is 13.8 Å². The van der Waals surface area contributed by atoms with E-state index < -0.39 is 0 Å². The molecule has 3 rings (SSSR count). The normalized spacial score (nSPS) is 10.4. The Kier molecular flexibility index (Phi) is 6.11. The maximum Gasteiger partial charge on any atom is 0.290 e. The lowest BCUT2D eigenvalue weighted by molar-refractivity contribution is 0.276. The summed E-state index contributed by atoms with van der Waals surface area (Å²) < 4.78 is 5.51. The first-order chi connectivity index (χ1) is 14.0. The summed E-state index contributed by atoms with van der Waals surface area (Å²) in [7, 11) is 0. The maximum absolute atomic E-state index is 11.7. The molecule has 0 saturated heterocycles. The second-order valence-electron chi connectivity index (χ2n) is 6.37. The number of aliphatic hydroxyl groups is 1. The largest absolute Gasteiger partial charge is 0.486 e. The van der Waals surface area contributed by atoms with Crippen LogP contribution >= 0.6 is 0 Å². The number of aromatic amines is 2. The molecule has 5 N–H and O–H groups in total. The summed E-state index contributed by atoms with van der Waals surface area (Å²) in [6, 6.07) is 7.20. The standard InChI is InChI=1S/C19H21N7O3/c1-11-5-15(19(28)22-9-11)29-4-3-21-18-14(8-20)12(2)6-16(24-18)23-17-7-13(10-27)25-26-17/h5-7,9,27H,3-4,10H2,1-2H3,(H,22,28)(H3,21,23,24,25,26). The summed E-state index contributed by atoms with van der Waals surface area (Å²) in [5, 5.41) is 31.4. The highest BCUT2D eigenvalue weighted by Gasteiger charge is 2.11. The molecule has 3 aromatic heterocycles. The van der Waals surface area contributed by atoms with Crippen LogP contribution in [0.15, 0.2) is 29.2 Å². The van der Waals surface area contributed by atoms with Gasteiger partial charge < -0.3 is 25.5 Å². The van der Waals surface area contributed by atoms with Crippen molar-refractivity contribution >= 4 is 17.5 Å². The molecule has 0 aliphatic rings. The molecule has 0 aliphatic heterocycles. The van der Waals surface area contributed by atoms with Gasteiger partial charge >= 0.3 is 0 Å². The first-order valence-corrected chi connectivity index (χ1v) is 8.90. The molecule has 0 atom stereocenters. The zero-order valence-corrected chi connectivity index (χ0v) is 16.0. The van der Waals surface area contributed by atoms with E-state index in [0.29, 0.717) is 35.3 Å². The number of nitrogens with one attached hydrogen (secondary N) is 4. The molecule has 0 aromatic carbocycles. The van der Waals surface area contributed by atoms with E-state index in [2.05, 4.69) is 36.9 Å². The van der Waals surface area contributed by atoms with Gasteiger partial charge in [-0.15, -0.1) is 0 Å². The molecule has 0 spiro atoms. The third-order valence-electron chi connectivity index (χ3n) is 4.05. The van der Waals surface area contributed by atoms with Gasteiger partial charge in [0.1, 0.15) is 24.3 Å². The first kappa shape index (κ1) is 19.9. The third-order valence-corrected chi connectivity index (χ3v) is 4.05. The number of nitrogens with zero attached hydrogens (tertiary/aromatic N) is 3. The van der Waals surface area contributed by atoms with Crippen LogP contribution in [0.4, 0.5) is 17.5 Å². The van der Waals surface area contributed by atoms with E-state index in [-0.39, 0.29) is 24.5 Å². The lowest BCUT2D eigenvalue weighted by Gasteiger charge is -2.12.